The van der Waals surface area contributed by atoms with Gasteiger partial charge in [0.1, 0.15) is 5.75 Å². The molecule has 46 heavy (non-hydrogen) atoms. The summed E-state index contributed by atoms with van der Waals surface area (Å²) >= 11 is 0. The first kappa shape index (κ1) is 30.6. The lowest BCUT2D eigenvalue weighted by Crippen LogP contribution is -2.51. The predicted molar refractivity (Wildman–Crippen MR) is 168 cm³/mol. The number of aromatic nitrogens is 1. The number of amides is 2. The lowest BCUT2D eigenvalue weighted by atomic mass is 9.49. The van der Waals surface area contributed by atoms with Gasteiger partial charge in [0.15, 0.2) is 0 Å². The van der Waals surface area contributed by atoms with E-state index in [-0.39, 0.29) is 33.8 Å². The fourth-order valence-corrected chi connectivity index (χ4v) is 9.11. The molecular formula is C36H39F3N4O3. The third-order valence-corrected chi connectivity index (χ3v) is 10.7. The van der Waals surface area contributed by atoms with Gasteiger partial charge in [-0.1, -0.05) is 0 Å². The summed E-state index contributed by atoms with van der Waals surface area (Å²) < 4.78 is 41.3. The SMILES string of the molecule is CN(CC12CC3CC(CC(C3)C1)C2)C(=O)c1ccc(N2CCN(C(=O)c3cc(-c4cncc(O)c4)cc(C(F)(F)F)c3)CC2)cc1. The van der Waals surface area contributed by atoms with Crippen molar-refractivity contribution in [2.45, 2.75) is 44.7 Å². The summed E-state index contributed by atoms with van der Waals surface area (Å²) in [6.45, 7) is 2.52. The number of hydrogen-bond acceptors (Lipinski definition) is 5. The third kappa shape index (κ3) is 6.06. The minimum Gasteiger partial charge on any atom is -0.506 e. The number of alkyl halides is 3. The van der Waals surface area contributed by atoms with Gasteiger partial charge in [0.2, 0.25) is 0 Å². The van der Waals surface area contributed by atoms with Crippen LogP contribution in [0.15, 0.2) is 60.9 Å². The molecule has 8 rings (SSSR count). The van der Waals surface area contributed by atoms with Crippen LogP contribution in [0.25, 0.3) is 11.1 Å². The van der Waals surface area contributed by atoms with Gasteiger partial charge in [-0.15, -0.1) is 0 Å². The topological polar surface area (TPSA) is 77.0 Å². The molecule has 4 bridgehead atoms. The zero-order valence-electron chi connectivity index (χ0n) is 26.0. The number of nitrogens with zero attached hydrogens (tertiary/aromatic N) is 4. The van der Waals surface area contributed by atoms with E-state index in [9.17, 15) is 27.9 Å². The fraction of sp³-hybridized carbons (Fsp3) is 0.472. The monoisotopic (exact) mass is 632 g/mol. The molecule has 3 aromatic rings. The maximum absolute atomic E-state index is 13.8. The first-order chi connectivity index (χ1) is 21.9. The first-order valence-corrected chi connectivity index (χ1v) is 16.2. The fourth-order valence-electron chi connectivity index (χ4n) is 9.11. The molecule has 4 aliphatic carbocycles. The van der Waals surface area contributed by atoms with Gasteiger partial charge in [0, 0.05) is 68.3 Å². The normalized spacial score (nSPS) is 25.5. The lowest BCUT2D eigenvalue weighted by Gasteiger charge is -2.57. The summed E-state index contributed by atoms with van der Waals surface area (Å²) in [5.74, 6) is 1.90. The summed E-state index contributed by atoms with van der Waals surface area (Å²) in [5, 5.41) is 9.79. The molecule has 1 N–H and O–H groups in total. The smallest absolute Gasteiger partial charge is 0.416 e. The van der Waals surface area contributed by atoms with E-state index in [1.54, 1.807) is 4.90 Å². The standard InChI is InChI=1S/C36H39F3N4O3/c1-41(22-35-17-23-10-24(18-35)12-25(11-23)19-35)33(45)26-2-4-31(5-3-26)42-6-8-43(9-7-42)34(46)28-13-27(14-30(15-28)36(37,38)39)29-16-32(44)21-40-20-29/h2-5,13-16,20-21,23-25,44H,6-12,17-19,22H2,1H3. The van der Waals surface area contributed by atoms with Crippen molar-refractivity contribution in [1.29, 1.82) is 0 Å². The van der Waals surface area contributed by atoms with E-state index in [4.69, 9.17) is 0 Å². The van der Waals surface area contributed by atoms with Crippen molar-refractivity contribution < 1.29 is 27.9 Å². The van der Waals surface area contributed by atoms with Gasteiger partial charge in [0.25, 0.3) is 11.8 Å². The number of piperazine rings is 1. The Balaban J connectivity index is 0.986. The number of aromatic hydroxyl groups is 1. The summed E-state index contributed by atoms with van der Waals surface area (Å²) in [6.07, 6.45) is 5.81. The van der Waals surface area contributed by atoms with E-state index in [1.165, 1.54) is 63.1 Å². The van der Waals surface area contributed by atoms with Gasteiger partial charge in [-0.25, -0.2) is 0 Å². The maximum Gasteiger partial charge on any atom is 0.416 e. The third-order valence-electron chi connectivity index (χ3n) is 10.7. The lowest BCUT2D eigenvalue weighted by molar-refractivity contribution is -0.137. The molecule has 2 heterocycles. The van der Waals surface area contributed by atoms with E-state index < -0.39 is 17.6 Å². The molecule has 2 amide bonds. The Labute approximate surface area is 267 Å². The van der Waals surface area contributed by atoms with Crippen LogP contribution in [-0.4, -0.2) is 71.5 Å². The van der Waals surface area contributed by atoms with Crippen molar-refractivity contribution >= 4 is 17.5 Å². The highest BCUT2D eigenvalue weighted by molar-refractivity contribution is 5.96. The number of carbonyl (C=O) groups is 2. The van der Waals surface area contributed by atoms with Gasteiger partial charge >= 0.3 is 6.18 Å². The van der Waals surface area contributed by atoms with Crippen LogP contribution in [0.4, 0.5) is 18.9 Å². The van der Waals surface area contributed by atoms with Crippen molar-refractivity contribution in [1.82, 2.24) is 14.8 Å². The van der Waals surface area contributed by atoms with Gasteiger partial charge < -0.3 is 19.8 Å². The van der Waals surface area contributed by atoms with Crippen LogP contribution >= 0.6 is 0 Å². The van der Waals surface area contributed by atoms with Crippen molar-refractivity contribution in [3.8, 4) is 16.9 Å². The van der Waals surface area contributed by atoms with E-state index in [0.717, 1.165) is 42.1 Å². The highest BCUT2D eigenvalue weighted by Crippen LogP contribution is 2.60. The highest BCUT2D eigenvalue weighted by Gasteiger charge is 2.51. The molecule has 0 unspecified atom stereocenters. The Bertz CT molecular complexity index is 1600. The molecule has 4 saturated carbocycles. The van der Waals surface area contributed by atoms with Crippen LogP contribution in [-0.2, 0) is 6.18 Å². The molecule has 5 aliphatic rings. The molecule has 7 nitrogen and oxygen atoms in total. The van der Waals surface area contributed by atoms with Crippen LogP contribution in [0.5, 0.6) is 5.75 Å². The van der Waals surface area contributed by atoms with Gasteiger partial charge in [-0.3, -0.25) is 14.6 Å². The van der Waals surface area contributed by atoms with Gasteiger partial charge in [0.05, 0.1) is 11.8 Å². The second-order valence-corrected chi connectivity index (χ2v) is 14.1. The Morgan fingerprint density at radius 2 is 1.50 bits per heavy atom. The van der Waals surface area contributed by atoms with E-state index in [0.29, 0.717) is 31.7 Å². The second kappa shape index (κ2) is 11.6. The highest BCUT2D eigenvalue weighted by atomic mass is 19.4. The van der Waals surface area contributed by atoms with Gasteiger partial charge in [-0.2, -0.15) is 13.2 Å². The largest absolute Gasteiger partial charge is 0.506 e. The van der Waals surface area contributed by atoms with Crippen LogP contribution in [0, 0.1) is 23.2 Å². The molecule has 242 valence electrons. The summed E-state index contributed by atoms with van der Waals surface area (Å²) in [6, 6.07) is 12.2. The Morgan fingerprint density at radius 1 is 0.870 bits per heavy atom. The number of carbonyl (C=O) groups excluding carboxylic acids is 2. The average Bonchev–Trinajstić information content (AvgIpc) is 3.03. The number of rotatable bonds is 6. The number of pyridine rings is 1. The summed E-state index contributed by atoms with van der Waals surface area (Å²) in [4.78, 5) is 36.3. The molecular weight excluding hydrogens is 593 g/mol. The summed E-state index contributed by atoms with van der Waals surface area (Å²) in [7, 11) is 1.93. The van der Waals surface area contributed by atoms with Crippen LogP contribution in [0.1, 0.15) is 64.8 Å². The number of halogens is 3. The predicted octanol–water partition coefficient (Wildman–Crippen LogP) is 6.72. The van der Waals surface area contributed by atoms with Crippen LogP contribution in [0.3, 0.4) is 0 Å². The molecule has 1 aliphatic heterocycles. The number of anilines is 1. The molecule has 0 atom stereocenters. The Hall–Kier alpha value is -4.08. The average molecular weight is 633 g/mol. The zero-order chi connectivity index (χ0) is 32.2. The molecule has 10 heteroatoms. The number of hydrogen-bond donors (Lipinski definition) is 1. The van der Waals surface area contributed by atoms with Crippen molar-refractivity contribution in [3.05, 3.63) is 77.6 Å². The number of benzene rings is 2. The van der Waals surface area contributed by atoms with E-state index in [1.807, 2.05) is 36.2 Å². The quantitative estimate of drug-likeness (QED) is 0.327. The Morgan fingerprint density at radius 3 is 2.09 bits per heavy atom. The minimum atomic E-state index is -4.65. The van der Waals surface area contributed by atoms with Crippen LogP contribution in [0.2, 0.25) is 0 Å². The van der Waals surface area contributed by atoms with Gasteiger partial charge in [-0.05, 0) is 116 Å². The molecule has 0 radical (unpaired) electrons. The molecule has 2 aromatic carbocycles. The molecule has 0 spiro atoms. The minimum absolute atomic E-state index is 0.0414. The molecule has 1 saturated heterocycles. The Kier molecular flexibility index (Phi) is 7.72. The van der Waals surface area contributed by atoms with Crippen molar-refractivity contribution in [2.24, 2.45) is 23.2 Å². The second-order valence-electron chi connectivity index (χ2n) is 14.1. The van der Waals surface area contributed by atoms with Crippen molar-refractivity contribution in [3.63, 3.8) is 0 Å². The maximum atomic E-state index is 13.8. The van der Waals surface area contributed by atoms with Crippen molar-refractivity contribution in [2.75, 3.05) is 44.7 Å². The zero-order valence-corrected chi connectivity index (χ0v) is 26.0. The molecule has 1 aromatic heterocycles. The summed E-state index contributed by atoms with van der Waals surface area (Å²) in [5.41, 5.74) is 1.31. The first-order valence-electron chi connectivity index (χ1n) is 16.2. The van der Waals surface area contributed by atoms with Crippen LogP contribution < -0.4 is 4.90 Å². The van der Waals surface area contributed by atoms with E-state index >= 15 is 0 Å². The van der Waals surface area contributed by atoms with E-state index in [2.05, 4.69) is 9.88 Å². The molecule has 5 fully saturated rings.